The Morgan fingerprint density at radius 2 is 1.71 bits per heavy atom. The lowest BCUT2D eigenvalue weighted by Crippen LogP contribution is -2.51. The molecule has 7 heteroatoms. The molecule has 2 aliphatic rings. The number of hydrogen-bond acceptors (Lipinski definition) is 4. The molecule has 2 aliphatic heterocycles. The largest absolute Gasteiger partial charge is 0.495 e. The van der Waals surface area contributed by atoms with Crippen LogP contribution in [0.3, 0.4) is 0 Å². The van der Waals surface area contributed by atoms with Crippen molar-refractivity contribution in [3.63, 3.8) is 0 Å². The summed E-state index contributed by atoms with van der Waals surface area (Å²) in [5, 5.41) is 3.94. The van der Waals surface area contributed by atoms with Gasteiger partial charge in [-0.15, -0.1) is 0 Å². The average Bonchev–Trinajstić information content (AvgIpc) is 3.38. The van der Waals surface area contributed by atoms with Crippen molar-refractivity contribution in [3.05, 3.63) is 58.6 Å². The Balaban J connectivity index is 1.36. The molecule has 0 aliphatic carbocycles. The molecule has 2 heterocycles. The van der Waals surface area contributed by atoms with Gasteiger partial charge in [0.15, 0.2) is 0 Å². The first kappa shape index (κ1) is 25.8. The van der Waals surface area contributed by atoms with Gasteiger partial charge in [-0.2, -0.15) is 0 Å². The fraction of sp³-hybridized carbons (Fsp3) is 0.536. The van der Waals surface area contributed by atoms with E-state index in [0.717, 1.165) is 81.3 Å². The summed E-state index contributed by atoms with van der Waals surface area (Å²) in [6.45, 7) is 9.08. The van der Waals surface area contributed by atoms with Gasteiger partial charge in [0.05, 0.1) is 12.8 Å². The number of nitrogens with zero attached hydrogens (tertiary/aromatic N) is 3. The highest BCUT2D eigenvalue weighted by Crippen LogP contribution is 2.27. The average molecular weight is 499 g/mol. The molecule has 0 bridgehead atoms. The molecule has 2 amide bonds. The maximum absolute atomic E-state index is 13.5. The quantitative estimate of drug-likeness (QED) is 0.510. The Kier molecular flexibility index (Phi) is 9.30. The van der Waals surface area contributed by atoms with Crippen molar-refractivity contribution in [2.75, 3.05) is 58.2 Å². The predicted octanol–water partition coefficient (Wildman–Crippen LogP) is 5.29. The molecule has 0 aromatic heterocycles. The van der Waals surface area contributed by atoms with Crippen molar-refractivity contribution in [1.82, 2.24) is 14.7 Å². The molecule has 1 N–H and O–H groups in total. The van der Waals surface area contributed by atoms with Crippen molar-refractivity contribution in [2.24, 2.45) is 0 Å². The minimum atomic E-state index is -0.0206. The van der Waals surface area contributed by atoms with E-state index in [1.807, 2.05) is 37.3 Å². The smallest absolute Gasteiger partial charge is 0.322 e. The summed E-state index contributed by atoms with van der Waals surface area (Å²) < 4.78 is 5.50. The van der Waals surface area contributed by atoms with E-state index in [9.17, 15) is 4.79 Å². The van der Waals surface area contributed by atoms with Gasteiger partial charge in [-0.1, -0.05) is 29.8 Å². The van der Waals surface area contributed by atoms with Crippen molar-refractivity contribution >= 4 is 23.3 Å². The zero-order chi connectivity index (χ0) is 24.6. The molecule has 6 nitrogen and oxygen atoms in total. The van der Waals surface area contributed by atoms with Crippen LogP contribution in [0.1, 0.15) is 36.8 Å². The third-order valence-corrected chi connectivity index (χ3v) is 7.59. The highest BCUT2D eigenvalue weighted by atomic mass is 35.5. The fourth-order valence-electron chi connectivity index (χ4n) is 5.20. The Bertz CT molecular complexity index is 954. The zero-order valence-corrected chi connectivity index (χ0v) is 21.9. The first-order chi connectivity index (χ1) is 17.0. The lowest BCUT2D eigenvalue weighted by Gasteiger charge is -2.39. The molecule has 2 aromatic rings. The zero-order valence-electron chi connectivity index (χ0n) is 21.1. The lowest BCUT2D eigenvalue weighted by molar-refractivity contribution is 0.120. The van der Waals surface area contributed by atoms with Crippen LogP contribution in [0.2, 0.25) is 5.02 Å². The monoisotopic (exact) mass is 498 g/mol. The molecule has 2 saturated heterocycles. The van der Waals surface area contributed by atoms with Gasteiger partial charge in [-0.3, -0.25) is 0 Å². The van der Waals surface area contributed by atoms with Crippen LogP contribution in [-0.2, 0) is 6.42 Å². The SMILES string of the molecule is COc1ccc(C)cc1NC(=O)N(CCN1CCCC1)C1CCN(CCc2ccc(Cl)cc2)CC1. The predicted molar refractivity (Wildman–Crippen MR) is 144 cm³/mol. The molecule has 0 saturated carbocycles. The number of halogens is 1. The summed E-state index contributed by atoms with van der Waals surface area (Å²) in [7, 11) is 1.64. The van der Waals surface area contributed by atoms with E-state index in [1.54, 1.807) is 7.11 Å². The molecule has 0 spiro atoms. The molecule has 2 aromatic carbocycles. The second-order valence-electron chi connectivity index (χ2n) is 9.83. The van der Waals surface area contributed by atoms with Gasteiger partial charge in [0.2, 0.25) is 0 Å². The summed E-state index contributed by atoms with van der Waals surface area (Å²) in [5.74, 6) is 0.695. The van der Waals surface area contributed by atoms with Gasteiger partial charge < -0.3 is 24.8 Å². The van der Waals surface area contributed by atoms with E-state index in [4.69, 9.17) is 16.3 Å². The molecule has 35 heavy (non-hydrogen) atoms. The first-order valence-electron chi connectivity index (χ1n) is 12.9. The molecule has 0 unspecified atom stereocenters. The Morgan fingerprint density at radius 1 is 1.03 bits per heavy atom. The van der Waals surface area contributed by atoms with E-state index in [2.05, 4.69) is 32.1 Å². The van der Waals surface area contributed by atoms with Gasteiger partial charge in [0, 0.05) is 43.8 Å². The molecule has 0 radical (unpaired) electrons. The number of nitrogens with one attached hydrogen (secondary N) is 1. The maximum Gasteiger partial charge on any atom is 0.322 e. The second kappa shape index (κ2) is 12.6. The van der Waals surface area contributed by atoms with Crippen LogP contribution >= 0.6 is 11.6 Å². The number of urea groups is 1. The number of ether oxygens (including phenoxy) is 1. The van der Waals surface area contributed by atoms with Crippen LogP contribution in [0.5, 0.6) is 5.75 Å². The van der Waals surface area contributed by atoms with Crippen molar-refractivity contribution < 1.29 is 9.53 Å². The topological polar surface area (TPSA) is 48.1 Å². The van der Waals surface area contributed by atoms with Gasteiger partial charge in [-0.05, 0) is 87.5 Å². The summed E-state index contributed by atoms with van der Waals surface area (Å²) in [6.07, 6.45) is 5.55. The van der Waals surface area contributed by atoms with Crippen LogP contribution in [0.15, 0.2) is 42.5 Å². The van der Waals surface area contributed by atoms with Crippen LogP contribution < -0.4 is 10.1 Å². The minimum Gasteiger partial charge on any atom is -0.495 e. The fourth-order valence-corrected chi connectivity index (χ4v) is 5.33. The normalized spacial score (nSPS) is 17.5. The molecular weight excluding hydrogens is 460 g/mol. The van der Waals surface area contributed by atoms with Crippen LogP contribution in [-0.4, -0.2) is 79.7 Å². The van der Waals surface area contributed by atoms with Gasteiger partial charge >= 0.3 is 6.03 Å². The molecule has 2 fully saturated rings. The second-order valence-corrected chi connectivity index (χ2v) is 10.3. The first-order valence-corrected chi connectivity index (χ1v) is 13.3. The summed E-state index contributed by atoms with van der Waals surface area (Å²) in [4.78, 5) is 20.6. The highest BCUT2D eigenvalue weighted by Gasteiger charge is 2.29. The molecular formula is C28H39ClN4O2. The van der Waals surface area contributed by atoms with Crippen LogP contribution in [0.4, 0.5) is 10.5 Å². The number of likely N-dealkylation sites (tertiary alicyclic amines) is 2. The Hall–Kier alpha value is -2.28. The summed E-state index contributed by atoms with van der Waals surface area (Å²) in [6, 6.07) is 14.3. The number of amides is 2. The number of aryl methyl sites for hydroxylation is 1. The third kappa shape index (κ3) is 7.35. The number of benzene rings is 2. The van der Waals surface area contributed by atoms with E-state index in [-0.39, 0.29) is 12.1 Å². The minimum absolute atomic E-state index is 0.0206. The number of carbonyl (C=O) groups is 1. The van der Waals surface area contributed by atoms with Crippen molar-refractivity contribution in [2.45, 2.75) is 45.1 Å². The number of rotatable bonds is 9. The number of piperidine rings is 1. The van der Waals surface area contributed by atoms with Crippen LogP contribution in [0.25, 0.3) is 0 Å². The van der Waals surface area contributed by atoms with Crippen molar-refractivity contribution in [3.8, 4) is 5.75 Å². The number of methoxy groups -OCH3 is 1. The molecule has 0 atom stereocenters. The summed E-state index contributed by atoms with van der Waals surface area (Å²) in [5.41, 5.74) is 3.15. The Morgan fingerprint density at radius 3 is 2.40 bits per heavy atom. The van der Waals surface area contributed by atoms with E-state index in [1.165, 1.54) is 18.4 Å². The number of carbonyl (C=O) groups excluding carboxylic acids is 1. The lowest BCUT2D eigenvalue weighted by atomic mass is 10.0. The van der Waals surface area contributed by atoms with E-state index >= 15 is 0 Å². The molecule has 4 rings (SSSR count). The Labute approximate surface area is 215 Å². The third-order valence-electron chi connectivity index (χ3n) is 7.34. The standard InChI is InChI=1S/C28H39ClN4O2/c1-22-5-10-27(35-2)26(21-22)30-28(34)33(20-19-31-14-3-4-15-31)25-12-17-32(18-13-25)16-11-23-6-8-24(29)9-7-23/h5-10,21,25H,3-4,11-20H2,1-2H3,(H,30,34). The highest BCUT2D eigenvalue weighted by molar-refractivity contribution is 6.30. The van der Waals surface area contributed by atoms with Gasteiger partial charge in [0.25, 0.3) is 0 Å². The van der Waals surface area contributed by atoms with Gasteiger partial charge in [-0.25, -0.2) is 4.79 Å². The van der Waals surface area contributed by atoms with E-state index < -0.39 is 0 Å². The van der Waals surface area contributed by atoms with Crippen molar-refractivity contribution in [1.29, 1.82) is 0 Å². The number of hydrogen-bond donors (Lipinski definition) is 1. The summed E-state index contributed by atoms with van der Waals surface area (Å²) >= 11 is 6.02. The number of anilines is 1. The maximum atomic E-state index is 13.5. The molecule has 190 valence electrons. The van der Waals surface area contributed by atoms with Gasteiger partial charge in [0.1, 0.15) is 5.75 Å². The van der Waals surface area contributed by atoms with E-state index in [0.29, 0.717) is 5.75 Å². The van der Waals surface area contributed by atoms with Crippen LogP contribution in [0, 0.1) is 6.92 Å².